The van der Waals surface area contributed by atoms with Crippen molar-refractivity contribution in [3.63, 3.8) is 0 Å². The number of sulfonamides is 1. The van der Waals surface area contributed by atoms with Crippen molar-refractivity contribution in [2.75, 3.05) is 46.9 Å². The maximum Gasteiger partial charge on any atom is 0.394 e. The fourth-order valence-electron chi connectivity index (χ4n) is 2.31. The number of carbonyl (C=O) groups is 1. The lowest BCUT2D eigenvalue weighted by Gasteiger charge is -2.23. The first-order valence-electron chi connectivity index (χ1n) is 7.10. The van der Waals surface area contributed by atoms with Crippen LogP contribution in [0.1, 0.15) is 6.92 Å². The summed E-state index contributed by atoms with van der Waals surface area (Å²) in [6.07, 6.45) is -4.70. The van der Waals surface area contributed by atoms with E-state index in [0.29, 0.717) is 6.61 Å². The molecule has 0 radical (unpaired) electrons. The Hall–Kier alpha value is -1.07. The van der Waals surface area contributed by atoms with Gasteiger partial charge < -0.3 is 15.0 Å². The predicted molar refractivity (Wildman–Crippen MR) is 77.4 cm³/mol. The summed E-state index contributed by atoms with van der Waals surface area (Å²) in [5, 5.41) is 0.720. The lowest BCUT2D eigenvalue weighted by Crippen LogP contribution is -2.43. The molecule has 0 aliphatic carbocycles. The van der Waals surface area contributed by atoms with Crippen LogP contribution in [0.4, 0.5) is 18.0 Å². The van der Waals surface area contributed by atoms with Gasteiger partial charge in [0, 0.05) is 40.3 Å². The number of amides is 2. The Morgan fingerprint density at radius 2 is 1.96 bits per heavy atom. The van der Waals surface area contributed by atoms with Gasteiger partial charge in [0.05, 0.1) is 12.5 Å². The number of hydrogen-bond donors (Lipinski definition) is 1. The van der Waals surface area contributed by atoms with E-state index in [1.165, 1.54) is 14.1 Å². The van der Waals surface area contributed by atoms with Gasteiger partial charge in [-0.25, -0.2) is 17.5 Å². The zero-order valence-corrected chi connectivity index (χ0v) is 14.1. The monoisotopic (exact) mass is 361 g/mol. The minimum atomic E-state index is -4.70. The molecule has 1 aliphatic heterocycles. The molecule has 0 bridgehead atoms. The van der Waals surface area contributed by atoms with Crippen LogP contribution in [0, 0.1) is 5.92 Å². The molecule has 0 aromatic heterocycles. The zero-order chi connectivity index (χ0) is 17.8. The van der Waals surface area contributed by atoms with Gasteiger partial charge in [-0.05, 0) is 6.92 Å². The number of alkyl halides is 3. The van der Waals surface area contributed by atoms with Gasteiger partial charge in [0.1, 0.15) is 5.25 Å². The maximum atomic E-state index is 13.1. The third kappa shape index (κ3) is 4.95. The molecule has 0 aromatic rings. The van der Waals surface area contributed by atoms with Crippen molar-refractivity contribution >= 4 is 16.1 Å². The van der Waals surface area contributed by atoms with E-state index < -0.39 is 46.5 Å². The number of rotatable bonds is 6. The van der Waals surface area contributed by atoms with Crippen LogP contribution in [0.2, 0.25) is 0 Å². The standard InChI is InChI=1S/C12H22F3N3O4S/c1-4-22-6-5-16-11(19)18-7-9(12(13,14)15)10(8-18)23(20,21)17(2)3/h9-10H,4-8H2,1-3H3,(H,16,19)/t9-,10-/m1/s1. The first kappa shape index (κ1) is 20.0. The zero-order valence-electron chi connectivity index (χ0n) is 13.3. The minimum absolute atomic E-state index is 0.144. The van der Waals surface area contributed by atoms with Gasteiger partial charge in [-0.15, -0.1) is 0 Å². The van der Waals surface area contributed by atoms with Crippen LogP contribution >= 0.6 is 0 Å². The number of hydrogen-bond acceptors (Lipinski definition) is 4. The quantitative estimate of drug-likeness (QED) is 0.699. The highest BCUT2D eigenvalue weighted by Gasteiger charge is 2.55. The first-order chi connectivity index (χ1) is 10.5. The number of ether oxygens (including phenoxy) is 1. The first-order valence-corrected chi connectivity index (χ1v) is 8.60. The Kier molecular flexibility index (Phi) is 6.66. The second kappa shape index (κ2) is 7.67. The van der Waals surface area contributed by atoms with Crippen LogP contribution in [0.3, 0.4) is 0 Å². The highest BCUT2D eigenvalue weighted by molar-refractivity contribution is 7.89. The Morgan fingerprint density at radius 3 is 2.43 bits per heavy atom. The largest absolute Gasteiger partial charge is 0.394 e. The molecule has 1 N–H and O–H groups in total. The third-order valence-electron chi connectivity index (χ3n) is 3.59. The van der Waals surface area contributed by atoms with Crippen molar-refractivity contribution in [2.45, 2.75) is 18.3 Å². The molecular formula is C12H22F3N3O4S. The van der Waals surface area contributed by atoms with Crippen molar-refractivity contribution in [3.05, 3.63) is 0 Å². The Bertz CT molecular complexity index is 510. The maximum absolute atomic E-state index is 13.1. The summed E-state index contributed by atoms with van der Waals surface area (Å²) >= 11 is 0. The molecule has 2 atom stereocenters. The average molecular weight is 361 g/mol. The fourth-order valence-corrected chi connectivity index (χ4v) is 3.88. The molecule has 136 valence electrons. The van der Waals surface area contributed by atoms with Crippen LogP contribution in [0.25, 0.3) is 0 Å². The molecule has 1 saturated heterocycles. The second-order valence-electron chi connectivity index (χ2n) is 5.35. The summed E-state index contributed by atoms with van der Waals surface area (Å²) in [7, 11) is -1.79. The molecular weight excluding hydrogens is 339 g/mol. The van der Waals surface area contributed by atoms with Gasteiger partial charge in [-0.2, -0.15) is 13.2 Å². The van der Waals surface area contributed by atoms with E-state index in [4.69, 9.17) is 4.74 Å². The van der Waals surface area contributed by atoms with Gasteiger partial charge in [-0.1, -0.05) is 0 Å². The number of urea groups is 1. The number of carbonyl (C=O) groups excluding carboxylic acids is 1. The van der Waals surface area contributed by atoms with Crippen LogP contribution in [-0.4, -0.2) is 82.0 Å². The minimum Gasteiger partial charge on any atom is -0.380 e. The third-order valence-corrected chi connectivity index (χ3v) is 5.85. The molecule has 0 saturated carbocycles. The van der Waals surface area contributed by atoms with Crippen LogP contribution in [-0.2, 0) is 14.8 Å². The molecule has 1 rings (SSSR count). The highest BCUT2D eigenvalue weighted by Crippen LogP contribution is 2.37. The molecule has 0 aromatic carbocycles. The molecule has 23 heavy (non-hydrogen) atoms. The number of halogens is 3. The molecule has 7 nitrogen and oxygen atoms in total. The van der Waals surface area contributed by atoms with E-state index in [1.807, 2.05) is 0 Å². The molecule has 1 aliphatic rings. The molecule has 2 amide bonds. The summed E-state index contributed by atoms with van der Waals surface area (Å²) in [5.41, 5.74) is 0. The normalized spacial score (nSPS) is 22.7. The van der Waals surface area contributed by atoms with Gasteiger partial charge in [0.15, 0.2) is 0 Å². The number of nitrogens with one attached hydrogen (secondary N) is 1. The van der Waals surface area contributed by atoms with Crippen molar-refractivity contribution in [2.24, 2.45) is 5.92 Å². The van der Waals surface area contributed by atoms with Gasteiger partial charge in [-0.3, -0.25) is 0 Å². The van der Waals surface area contributed by atoms with Gasteiger partial charge in [0.2, 0.25) is 10.0 Å². The van der Waals surface area contributed by atoms with E-state index >= 15 is 0 Å². The number of likely N-dealkylation sites (tertiary alicyclic amines) is 1. The lowest BCUT2D eigenvalue weighted by atomic mass is 10.1. The molecule has 1 fully saturated rings. The van der Waals surface area contributed by atoms with Crippen LogP contribution in [0.5, 0.6) is 0 Å². The molecule has 11 heteroatoms. The van der Waals surface area contributed by atoms with E-state index in [-0.39, 0.29) is 13.2 Å². The smallest absolute Gasteiger partial charge is 0.380 e. The average Bonchev–Trinajstić information content (AvgIpc) is 2.89. The Morgan fingerprint density at radius 1 is 1.35 bits per heavy atom. The summed E-state index contributed by atoms with van der Waals surface area (Å²) in [4.78, 5) is 12.8. The Labute approximate surface area is 133 Å². The predicted octanol–water partition coefficient (Wildman–Crippen LogP) is 0.487. The van der Waals surface area contributed by atoms with Crippen molar-refractivity contribution in [1.82, 2.24) is 14.5 Å². The summed E-state index contributed by atoms with van der Waals surface area (Å²) in [6, 6.07) is -0.726. The fraction of sp³-hybridized carbons (Fsp3) is 0.917. The van der Waals surface area contributed by atoms with Gasteiger partial charge >= 0.3 is 12.2 Å². The summed E-state index contributed by atoms with van der Waals surface area (Å²) < 4.78 is 69.4. The molecule has 0 spiro atoms. The van der Waals surface area contributed by atoms with Crippen molar-refractivity contribution in [3.8, 4) is 0 Å². The number of nitrogens with zero attached hydrogens (tertiary/aromatic N) is 2. The van der Waals surface area contributed by atoms with Crippen molar-refractivity contribution in [1.29, 1.82) is 0 Å². The SMILES string of the molecule is CCOCCNC(=O)N1C[C@@H](C(F)(F)F)[C@H](S(=O)(=O)N(C)C)C1. The highest BCUT2D eigenvalue weighted by atomic mass is 32.2. The van der Waals surface area contributed by atoms with E-state index in [9.17, 15) is 26.4 Å². The molecule has 0 unspecified atom stereocenters. The van der Waals surface area contributed by atoms with Crippen LogP contribution in [0.15, 0.2) is 0 Å². The molecule has 1 heterocycles. The summed E-state index contributed by atoms with van der Waals surface area (Å²) in [6.45, 7) is 1.43. The van der Waals surface area contributed by atoms with Crippen LogP contribution < -0.4 is 5.32 Å². The lowest BCUT2D eigenvalue weighted by molar-refractivity contribution is -0.169. The van der Waals surface area contributed by atoms with E-state index in [2.05, 4.69) is 5.32 Å². The van der Waals surface area contributed by atoms with E-state index in [0.717, 1.165) is 9.21 Å². The summed E-state index contributed by atoms with van der Waals surface area (Å²) in [5.74, 6) is -2.10. The van der Waals surface area contributed by atoms with Crippen molar-refractivity contribution < 1.29 is 31.1 Å². The second-order valence-corrected chi connectivity index (χ2v) is 7.71. The van der Waals surface area contributed by atoms with Gasteiger partial charge in [0.25, 0.3) is 0 Å². The topological polar surface area (TPSA) is 79.0 Å². The van der Waals surface area contributed by atoms with E-state index in [1.54, 1.807) is 6.92 Å². The Balaban J connectivity index is 2.83.